The molecular formula is C15H18ClN3OS. The number of benzene rings is 1. The molecule has 1 aliphatic rings. The maximum Gasteiger partial charge on any atom is 0.246 e. The fraction of sp³-hybridized carbons (Fsp3) is 0.467. The van der Waals surface area contributed by atoms with Gasteiger partial charge in [-0.1, -0.05) is 35.8 Å². The number of thioether (sulfide) groups is 1. The Kier molecular flexibility index (Phi) is 4.52. The van der Waals surface area contributed by atoms with E-state index in [2.05, 4.69) is 22.4 Å². The van der Waals surface area contributed by atoms with Crippen LogP contribution in [0.1, 0.15) is 37.9 Å². The van der Waals surface area contributed by atoms with Crippen LogP contribution in [-0.4, -0.2) is 16.7 Å². The average Bonchev–Trinajstić information content (AvgIpc) is 3.16. The molecule has 0 radical (unpaired) electrons. The quantitative estimate of drug-likeness (QED) is 0.843. The Balaban J connectivity index is 1.69. The molecule has 2 heterocycles. The minimum atomic E-state index is -0.125. The molecule has 2 aromatic rings. The summed E-state index contributed by atoms with van der Waals surface area (Å²) in [7, 11) is 0. The van der Waals surface area contributed by atoms with Crippen molar-refractivity contribution in [3.8, 4) is 0 Å². The molecule has 1 atom stereocenters. The van der Waals surface area contributed by atoms with E-state index in [0.29, 0.717) is 5.75 Å². The van der Waals surface area contributed by atoms with E-state index in [4.69, 9.17) is 16.1 Å². The first-order valence-electron chi connectivity index (χ1n) is 7.19. The average molecular weight is 324 g/mol. The Morgan fingerprint density at radius 3 is 3.00 bits per heavy atom. The van der Waals surface area contributed by atoms with Gasteiger partial charge in [0.05, 0.1) is 16.3 Å². The van der Waals surface area contributed by atoms with E-state index in [1.165, 1.54) is 0 Å². The molecule has 112 valence electrons. The second-order valence-electron chi connectivity index (χ2n) is 5.20. The Labute approximate surface area is 133 Å². The lowest BCUT2D eigenvalue weighted by atomic mass is 9.94. The lowest BCUT2D eigenvalue weighted by Crippen LogP contribution is -2.36. The van der Waals surface area contributed by atoms with Gasteiger partial charge < -0.3 is 9.84 Å². The normalized spacial score (nSPS) is 21.8. The maximum absolute atomic E-state index is 6.15. The van der Waals surface area contributed by atoms with E-state index in [0.717, 1.165) is 47.4 Å². The molecule has 0 bridgehead atoms. The van der Waals surface area contributed by atoms with Crippen LogP contribution in [0.25, 0.3) is 0 Å². The highest BCUT2D eigenvalue weighted by Crippen LogP contribution is 2.34. The molecule has 0 aliphatic carbocycles. The number of hydrogen-bond acceptors (Lipinski definition) is 5. The van der Waals surface area contributed by atoms with Crippen molar-refractivity contribution in [3.63, 3.8) is 0 Å². The molecule has 1 aliphatic heterocycles. The summed E-state index contributed by atoms with van der Waals surface area (Å²) in [5.74, 6) is 2.10. The van der Waals surface area contributed by atoms with E-state index >= 15 is 0 Å². The first-order valence-corrected chi connectivity index (χ1v) is 8.55. The van der Waals surface area contributed by atoms with Crippen molar-refractivity contribution in [2.45, 2.75) is 42.4 Å². The maximum atomic E-state index is 6.15. The SMILES string of the molecule is CCC1(c2nc(CSc3ccccc3Cl)no2)CCCN1. The van der Waals surface area contributed by atoms with Crippen molar-refractivity contribution in [2.75, 3.05) is 6.54 Å². The molecule has 3 rings (SSSR count). The minimum Gasteiger partial charge on any atom is -0.337 e. The van der Waals surface area contributed by atoms with Gasteiger partial charge in [-0.15, -0.1) is 11.8 Å². The highest BCUT2D eigenvalue weighted by atomic mass is 35.5. The van der Waals surface area contributed by atoms with Gasteiger partial charge in [-0.3, -0.25) is 0 Å². The Morgan fingerprint density at radius 1 is 1.43 bits per heavy atom. The van der Waals surface area contributed by atoms with Gasteiger partial charge in [-0.05, 0) is 37.9 Å². The molecular weight excluding hydrogens is 306 g/mol. The molecule has 1 fully saturated rings. The van der Waals surface area contributed by atoms with Crippen LogP contribution in [0, 0.1) is 0 Å². The van der Waals surface area contributed by atoms with Crippen LogP contribution in [0.15, 0.2) is 33.7 Å². The zero-order valence-electron chi connectivity index (χ0n) is 11.9. The molecule has 1 unspecified atom stereocenters. The number of halogens is 1. The highest BCUT2D eigenvalue weighted by molar-refractivity contribution is 7.98. The van der Waals surface area contributed by atoms with Crippen LogP contribution in [0.4, 0.5) is 0 Å². The van der Waals surface area contributed by atoms with Gasteiger partial charge in [0.15, 0.2) is 5.82 Å². The van der Waals surface area contributed by atoms with Gasteiger partial charge in [0, 0.05) is 4.90 Å². The lowest BCUT2D eigenvalue weighted by molar-refractivity contribution is 0.249. The summed E-state index contributed by atoms with van der Waals surface area (Å²) in [4.78, 5) is 5.61. The van der Waals surface area contributed by atoms with Gasteiger partial charge in [0.2, 0.25) is 5.89 Å². The third-order valence-electron chi connectivity index (χ3n) is 3.92. The molecule has 21 heavy (non-hydrogen) atoms. The van der Waals surface area contributed by atoms with Crippen molar-refractivity contribution in [1.29, 1.82) is 0 Å². The molecule has 0 spiro atoms. The fourth-order valence-electron chi connectivity index (χ4n) is 2.65. The Hall–Kier alpha value is -1.04. The smallest absolute Gasteiger partial charge is 0.246 e. The highest BCUT2D eigenvalue weighted by Gasteiger charge is 2.38. The summed E-state index contributed by atoms with van der Waals surface area (Å²) in [6, 6.07) is 7.79. The third kappa shape index (κ3) is 3.10. The fourth-order valence-corrected chi connectivity index (χ4v) is 3.73. The third-order valence-corrected chi connectivity index (χ3v) is 5.43. The van der Waals surface area contributed by atoms with Gasteiger partial charge in [0.1, 0.15) is 0 Å². The number of rotatable bonds is 5. The van der Waals surface area contributed by atoms with Crippen molar-refractivity contribution in [1.82, 2.24) is 15.5 Å². The van der Waals surface area contributed by atoms with Crippen molar-refractivity contribution in [3.05, 3.63) is 41.0 Å². The first-order chi connectivity index (χ1) is 10.2. The minimum absolute atomic E-state index is 0.125. The molecule has 0 saturated carbocycles. The predicted octanol–water partition coefficient (Wildman–Crippen LogP) is 4.00. The molecule has 1 aromatic carbocycles. The number of hydrogen-bond donors (Lipinski definition) is 1. The van der Waals surface area contributed by atoms with E-state index in [1.807, 2.05) is 24.3 Å². The van der Waals surface area contributed by atoms with Crippen molar-refractivity contribution < 1.29 is 4.52 Å². The molecule has 6 heteroatoms. The van der Waals surface area contributed by atoms with Crippen LogP contribution in [0.5, 0.6) is 0 Å². The van der Waals surface area contributed by atoms with Gasteiger partial charge in [0.25, 0.3) is 0 Å². The van der Waals surface area contributed by atoms with E-state index in [9.17, 15) is 0 Å². The second-order valence-corrected chi connectivity index (χ2v) is 6.63. The summed E-state index contributed by atoms with van der Waals surface area (Å²) in [6.07, 6.45) is 3.18. The summed E-state index contributed by atoms with van der Waals surface area (Å²) in [5.41, 5.74) is -0.125. The zero-order chi connectivity index (χ0) is 14.7. The number of aromatic nitrogens is 2. The Bertz CT molecular complexity index is 610. The van der Waals surface area contributed by atoms with Crippen molar-refractivity contribution >= 4 is 23.4 Å². The number of nitrogens with one attached hydrogen (secondary N) is 1. The topological polar surface area (TPSA) is 51.0 Å². The molecule has 4 nitrogen and oxygen atoms in total. The standard InChI is InChI=1S/C15H18ClN3OS/c1-2-15(8-5-9-17-15)14-18-13(19-20-14)10-21-12-7-4-3-6-11(12)16/h3-4,6-7,17H,2,5,8-10H2,1H3. The van der Waals surface area contributed by atoms with Gasteiger partial charge >= 0.3 is 0 Å². The van der Waals surface area contributed by atoms with Crippen LogP contribution >= 0.6 is 23.4 Å². The van der Waals surface area contributed by atoms with E-state index in [-0.39, 0.29) is 5.54 Å². The summed E-state index contributed by atoms with van der Waals surface area (Å²) in [5, 5.41) is 8.37. The summed E-state index contributed by atoms with van der Waals surface area (Å²) < 4.78 is 5.49. The molecule has 1 N–H and O–H groups in total. The Morgan fingerprint density at radius 2 is 2.29 bits per heavy atom. The lowest BCUT2D eigenvalue weighted by Gasteiger charge is -2.22. The van der Waals surface area contributed by atoms with E-state index in [1.54, 1.807) is 11.8 Å². The first kappa shape index (κ1) is 14.9. The van der Waals surface area contributed by atoms with Crippen molar-refractivity contribution in [2.24, 2.45) is 0 Å². The van der Waals surface area contributed by atoms with Crippen LogP contribution < -0.4 is 5.32 Å². The summed E-state index contributed by atoms with van der Waals surface area (Å²) >= 11 is 7.77. The second kappa shape index (κ2) is 6.38. The monoisotopic (exact) mass is 323 g/mol. The largest absolute Gasteiger partial charge is 0.337 e. The molecule has 1 saturated heterocycles. The predicted molar refractivity (Wildman–Crippen MR) is 84.5 cm³/mol. The van der Waals surface area contributed by atoms with Gasteiger partial charge in [-0.25, -0.2) is 0 Å². The van der Waals surface area contributed by atoms with E-state index < -0.39 is 0 Å². The van der Waals surface area contributed by atoms with Crippen LogP contribution in [0.2, 0.25) is 5.02 Å². The van der Waals surface area contributed by atoms with Gasteiger partial charge in [-0.2, -0.15) is 4.98 Å². The van der Waals surface area contributed by atoms with Crippen LogP contribution in [-0.2, 0) is 11.3 Å². The van der Waals surface area contributed by atoms with Crippen LogP contribution in [0.3, 0.4) is 0 Å². The molecule has 1 aromatic heterocycles. The summed E-state index contributed by atoms with van der Waals surface area (Å²) in [6.45, 7) is 3.17. The number of nitrogens with zero attached hydrogens (tertiary/aromatic N) is 2. The molecule has 0 amide bonds. The zero-order valence-corrected chi connectivity index (χ0v) is 13.5.